The Bertz CT molecular complexity index is 477. The molecular weight excluding hydrogens is 202 g/mol. The SMILES string of the molecule is C=CCc1cccc2c1C(=O)N(CC)C2=O. The monoisotopic (exact) mass is 215 g/mol. The largest absolute Gasteiger partial charge is 0.275 e. The van der Waals surface area contributed by atoms with Crippen molar-refractivity contribution in [3.8, 4) is 0 Å². The number of amides is 2. The fourth-order valence-electron chi connectivity index (χ4n) is 2.02. The first-order valence-electron chi connectivity index (χ1n) is 5.29. The van der Waals surface area contributed by atoms with E-state index in [1.165, 1.54) is 4.90 Å². The molecule has 82 valence electrons. The van der Waals surface area contributed by atoms with Gasteiger partial charge in [-0.25, -0.2) is 0 Å². The van der Waals surface area contributed by atoms with Crippen molar-refractivity contribution in [2.45, 2.75) is 13.3 Å². The number of hydrogen-bond donors (Lipinski definition) is 0. The highest BCUT2D eigenvalue weighted by molar-refractivity contribution is 6.22. The van der Waals surface area contributed by atoms with Crippen molar-refractivity contribution in [3.63, 3.8) is 0 Å². The van der Waals surface area contributed by atoms with Crippen LogP contribution in [0.15, 0.2) is 30.9 Å². The molecule has 3 heteroatoms. The number of rotatable bonds is 3. The van der Waals surface area contributed by atoms with Crippen LogP contribution in [0.2, 0.25) is 0 Å². The minimum atomic E-state index is -0.187. The minimum Gasteiger partial charge on any atom is -0.275 e. The Balaban J connectivity index is 2.58. The van der Waals surface area contributed by atoms with Crippen molar-refractivity contribution in [3.05, 3.63) is 47.5 Å². The maximum Gasteiger partial charge on any atom is 0.261 e. The molecule has 0 atom stereocenters. The van der Waals surface area contributed by atoms with Crippen molar-refractivity contribution < 1.29 is 9.59 Å². The Hall–Kier alpha value is -1.90. The first-order valence-corrected chi connectivity index (χ1v) is 5.29. The summed E-state index contributed by atoms with van der Waals surface area (Å²) in [6, 6.07) is 5.38. The van der Waals surface area contributed by atoms with E-state index in [2.05, 4.69) is 6.58 Å². The van der Waals surface area contributed by atoms with Crippen LogP contribution in [0.4, 0.5) is 0 Å². The summed E-state index contributed by atoms with van der Waals surface area (Å²) >= 11 is 0. The zero-order chi connectivity index (χ0) is 11.7. The van der Waals surface area contributed by atoms with E-state index in [9.17, 15) is 9.59 Å². The molecule has 0 bridgehead atoms. The molecule has 0 aliphatic carbocycles. The lowest BCUT2D eigenvalue weighted by atomic mass is 10.0. The second kappa shape index (κ2) is 3.93. The molecular formula is C13H13NO2. The van der Waals surface area contributed by atoms with E-state index in [0.717, 1.165) is 5.56 Å². The minimum absolute atomic E-state index is 0.181. The van der Waals surface area contributed by atoms with Crippen LogP contribution in [0.1, 0.15) is 33.2 Å². The van der Waals surface area contributed by atoms with Gasteiger partial charge in [-0.2, -0.15) is 0 Å². The van der Waals surface area contributed by atoms with Crippen molar-refractivity contribution >= 4 is 11.8 Å². The molecule has 1 aliphatic heterocycles. The van der Waals surface area contributed by atoms with Crippen molar-refractivity contribution in [2.24, 2.45) is 0 Å². The quantitative estimate of drug-likeness (QED) is 0.571. The molecule has 2 amide bonds. The molecule has 0 radical (unpaired) electrons. The fourth-order valence-corrected chi connectivity index (χ4v) is 2.02. The van der Waals surface area contributed by atoms with Crippen LogP contribution in [0.25, 0.3) is 0 Å². The van der Waals surface area contributed by atoms with Gasteiger partial charge in [-0.3, -0.25) is 14.5 Å². The number of imide groups is 1. The molecule has 1 aromatic rings. The first-order chi connectivity index (χ1) is 7.70. The number of carbonyl (C=O) groups excluding carboxylic acids is 2. The summed E-state index contributed by atoms with van der Waals surface area (Å²) in [4.78, 5) is 25.2. The summed E-state index contributed by atoms with van der Waals surface area (Å²) < 4.78 is 0. The molecule has 2 rings (SSSR count). The number of nitrogens with zero attached hydrogens (tertiary/aromatic N) is 1. The maximum atomic E-state index is 12.0. The summed E-state index contributed by atoms with van der Waals surface area (Å²) in [5, 5.41) is 0. The first kappa shape index (κ1) is 10.6. The maximum absolute atomic E-state index is 12.0. The third-order valence-electron chi connectivity index (χ3n) is 2.77. The number of benzene rings is 1. The van der Waals surface area contributed by atoms with Crippen molar-refractivity contribution in [1.82, 2.24) is 4.90 Å². The zero-order valence-electron chi connectivity index (χ0n) is 9.19. The van der Waals surface area contributed by atoms with Gasteiger partial charge in [-0.15, -0.1) is 6.58 Å². The van der Waals surface area contributed by atoms with Crippen molar-refractivity contribution in [1.29, 1.82) is 0 Å². The number of fused-ring (bicyclic) bond motifs is 1. The summed E-state index contributed by atoms with van der Waals surface area (Å²) in [7, 11) is 0. The van der Waals surface area contributed by atoms with Crippen LogP contribution in [0, 0.1) is 0 Å². The van der Waals surface area contributed by atoms with Crippen LogP contribution in [-0.4, -0.2) is 23.3 Å². The highest BCUT2D eigenvalue weighted by atomic mass is 16.2. The Labute approximate surface area is 94.4 Å². The van der Waals surface area contributed by atoms with Crippen LogP contribution < -0.4 is 0 Å². The third-order valence-corrected chi connectivity index (χ3v) is 2.77. The van der Waals surface area contributed by atoms with Crippen LogP contribution in [-0.2, 0) is 6.42 Å². The highest BCUT2D eigenvalue weighted by Crippen LogP contribution is 2.26. The molecule has 16 heavy (non-hydrogen) atoms. The van der Waals surface area contributed by atoms with E-state index in [4.69, 9.17) is 0 Å². The number of hydrogen-bond acceptors (Lipinski definition) is 2. The van der Waals surface area contributed by atoms with Gasteiger partial charge in [0.1, 0.15) is 0 Å². The fraction of sp³-hybridized carbons (Fsp3) is 0.231. The molecule has 0 spiro atoms. The summed E-state index contributed by atoms with van der Waals surface area (Å²) in [6.07, 6.45) is 2.35. The average Bonchev–Trinajstić information content (AvgIpc) is 2.53. The molecule has 0 fully saturated rings. The van der Waals surface area contributed by atoms with Crippen LogP contribution >= 0.6 is 0 Å². The van der Waals surface area contributed by atoms with Gasteiger partial charge in [0.2, 0.25) is 0 Å². The van der Waals surface area contributed by atoms with E-state index >= 15 is 0 Å². The topological polar surface area (TPSA) is 37.4 Å². The predicted molar refractivity (Wildman–Crippen MR) is 61.4 cm³/mol. The highest BCUT2D eigenvalue weighted by Gasteiger charge is 2.35. The molecule has 0 saturated carbocycles. The summed E-state index contributed by atoms with van der Waals surface area (Å²) in [5.74, 6) is -0.367. The lowest BCUT2D eigenvalue weighted by molar-refractivity contribution is 0.0662. The van der Waals surface area contributed by atoms with Crippen molar-refractivity contribution in [2.75, 3.05) is 6.54 Å². The summed E-state index contributed by atoms with van der Waals surface area (Å²) in [6.45, 7) is 5.87. The zero-order valence-corrected chi connectivity index (χ0v) is 9.19. The Morgan fingerprint density at radius 2 is 2.06 bits per heavy atom. The van der Waals surface area contributed by atoms with Crippen LogP contribution in [0.5, 0.6) is 0 Å². The average molecular weight is 215 g/mol. The van der Waals surface area contributed by atoms with Gasteiger partial charge in [0.05, 0.1) is 11.1 Å². The van der Waals surface area contributed by atoms with Gasteiger partial charge in [0.25, 0.3) is 11.8 Å². The van der Waals surface area contributed by atoms with Gasteiger partial charge in [0.15, 0.2) is 0 Å². The standard InChI is InChI=1S/C13H13NO2/c1-3-6-9-7-5-8-10-11(9)13(16)14(4-2)12(10)15/h3,5,7-8H,1,4,6H2,2H3. The molecule has 3 nitrogen and oxygen atoms in total. The Morgan fingerprint density at radius 3 is 2.69 bits per heavy atom. The number of carbonyl (C=O) groups is 2. The van der Waals surface area contributed by atoms with Gasteiger partial charge in [-0.05, 0) is 25.0 Å². The van der Waals surface area contributed by atoms with Gasteiger partial charge in [0, 0.05) is 6.54 Å². The Kier molecular flexibility index (Phi) is 2.60. The second-order valence-corrected chi connectivity index (χ2v) is 3.69. The van der Waals surface area contributed by atoms with E-state index < -0.39 is 0 Å². The van der Waals surface area contributed by atoms with Crippen LogP contribution in [0.3, 0.4) is 0 Å². The normalized spacial score (nSPS) is 14.2. The second-order valence-electron chi connectivity index (χ2n) is 3.69. The van der Waals surface area contributed by atoms with E-state index in [1.54, 1.807) is 19.1 Å². The molecule has 1 aliphatic rings. The smallest absolute Gasteiger partial charge is 0.261 e. The van der Waals surface area contributed by atoms with E-state index in [1.807, 2.05) is 12.1 Å². The Morgan fingerprint density at radius 1 is 1.31 bits per heavy atom. The predicted octanol–water partition coefficient (Wildman–Crippen LogP) is 2.03. The summed E-state index contributed by atoms with van der Waals surface area (Å²) in [5.41, 5.74) is 1.95. The molecule has 0 saturated heterocycles. The third kappa shape index (κ3) is 1.36. The van der Waals surface area contributed by atoms with Gasteiger partial charge in [-0.1, -0.05) is 18.2 Å². The van der Waals surface area contributed by atoms with Gasteiger partial charge < -0.3 is 0 Å². The number of allylic oxidation sites excluding steroid dienone is 1. The van der Waals surface area contributed by atoms with Gasteiger partial charge >= 0.3 is 0 Å². The molecule has 1 aromatic carbocycles. The lowest BCUT2D eigenvalue weighted by Gasteiger charge is -2.09. The molecule has 1 heterocycles. The molecule has 0 N–H and O–H groups in total. The van der Waals surface area contributed by atoms with E-state index in [0.29, 0.717) is 24.1 Å². The van der Waals surface area contributed by atoms with E-state index in [-0.39, 0.29) is 11.8 Å². The lowest BCUT2D eigenvalue weighted by Crippen LogP contribution is -2.29. The molecule has 0 unspecified atom stereocenters. The molecule has 0 aromatic heterocycles.